The molecule has 64 valence electrons. The standard InChI is InChI=1S/C6H10O.C2H4O2/c1-2-3-4-5-6-7;1-2(3)4/h4-6H,2-3H2,1H3;1H3,(H,3,4)/b5-4+;. The Hall–Kier alpha value is -1.12. The van der Waals surface area contributed by atoms with Gasteiger partial charge in [0.2, 0.25) is 0 Å². The number of aliphatic carboxylic acids is 1. The third-order valence-corrected chi connectivity index (χ3v) is 0.670. The quantitative estimate of drug-likeness (QED) is 0.501. The van der Waals surface area contributed by atoms with Crippen molar-refractivity contribution in [3.8, 4) is 0 Å². The molecule has 0 rings (SSSR count). The van der Waals surface area contributed by atoms with Crippen molar-refractivity contribution in [1.82, 2.24) is 0 Å². The van der Waals surface area contributed by atoms with Crippen LogP contribution in [0.5, 0.6) is 0 Å². The molecule has 3 nitrogen and oxygen atoms in total. The first-order chi connectivity index (χ1) is 5.15. The molecule has 0 aliphatic heterocycles. The maximum absolute atomic E-state index is 9.59. The van der Waals surface area contributed by atoms with Crippen LogP contribution in [0.3, 0.4) is 0 Å². The molecule has 0 spiro atoms. The van der Waals surface area contributed by atoms with Crippen LogP contribution in [0.15, 0.2) is 12.2 Å². The van der Waals surface area contributed by atoms with Gasteiger partial charge in [-0.1, -0.05) is 19.4 Å². The van der Waals surface area contributed by atoms with E-state index in [1.807, 2.05) is 6.08 Å². The highest BCUT2D eigenvalue weighted by molar-refractivity contribution is 5.64. The number of carbonyl (C=O) groups is 2. The van der Waals surface area contributed by atoms with Gasteiger partial charge in [-0.2, -0.15) is 0 Å². The zero-order chi connectivity index (χ0) is 9.11. The second-order valence-electron chi connectivity index (χ2n) is 1.87. The molecule has 1 N–H and O–H groups in total. The van der Waals surface area contributed by atoms with Crippen LogP contribution in [0, 0.1) is 0 Å². The zero-order valence-electron chi connectivity index (χ0n) is 6.91. The Balaban J connectivity index is 0. The highest BCUT2D eigenvalue weighted by atomic mass is 16.4. The highest BCUT2D eigenvalue weighted by Crippen LogP contribution is 1.85. The number of unbranched alkanes of at least 4 members (excludes halogenated alkanes) is 1. The molecule has 0 amide bonds. The van der Waals surface area contributed by atoms with Crippen LogP contribution in [0.25, 0.3) is 0 Å². The summed E-state index contributed by atoms with van der Waals surface area (Å²) in [5, 5.41) is 7.42. The largest absolute Gasteiger partial charge is 0.481 e. The number of hydrogen-bond donors (Lipinski definition) is 1. The van der Waals surface area contributed by atoms with Crippen LogP contribution < -0.4 is 0 Å². The topological polar surface area (TPSA) is 54.4 Å². The number of carboxylic acids is 1. The first-order valence-electron chi connectivity index (χ1n) is 3.45. The Kier molecular flexibility index (Phi) is 13.3. The Labute approximate surface area is 66.7 Å². The molecule has 0 aromatic carbocycles. The van der Waals surface area contributed by atoms with Gasteiger partial charge in [-0.05, 0) is 12.5 Å². The van der Waals surface area contributed by atoms with Crippen LogP contribution in [-0.4, -0.2) is 17.4 Å². The number of rotatable bonds is 3. The van der Waals surface area contributed by atoms with E-state index in [1.54, 1.807) is 0 Å². The third-order valence-electron chi connectivity index (χ3n) is 0.670. The summed E-state index contributed by atoms with van der Waals surface area (Å²) >= 11 is 0. The van der Waals surface area contributed by atoms with Gasteiger partial charge < -0.3 is 5.11 Å². The smallest absolute Gasteiger partial charge is 0.300 e. The highest BCUT2D eigenvalue weighted by Gasteiger charge is 1.67. The second-order valence-corrected chi connectivity index (χ2v) is 1.87. The van der Waals surface area contributed by atoms with Gasteiger partial charge in [0.15, 0.2) is 0 Å². The van der Waals surface area contributed by atoms with Crippen molar-refractivity contribution in [1.29, 1.82) is 0 Å². The lowest BCUT2D eigenvalue weighted by Crippen LogP contribution is -1.78. The normalized spacial score (nSPS) is 8.55. The number of carboxylic acid groups (broad SMARTS) is 1. The van der Waals surface area contributed by atoms with Gasteiger partial charge in [-0.3, -0.25) is 9.59 Å². The van der Waals surface area contributed by atoms with Crippen LogP contribution in [0.1, 0.15) is 26.7 Å². The number of aldehydes is 1. The minimum Gasteiger partial charge on any atom is -0.481 e. The van der Waals surface area contributed by atoms with Gasteiger partial charge in [-0.25, -0.2) is 0 Å². The molecule has 0 aromatic heterocycles. The van der Waals surface area contributed by atoms with Crippen molar-refractivity contribution in [3.63, 3.8) is 0 Å². The zero-order valence-corrected chi connectivity index (χ0v) is 6.91. The van der Waals surface area contributed by atoms with Gasteiger partial charge in [0.25, 0.3) is 5.97 Å². The van der Waals surface area contributed by atoms with Crippen molar-refractivity contribution in [2.75, 3.05) is 0 Å². The van der Waals surface area contributed by atoms with E-state index >= 15 is 0 Å². The van der Waals surface area contributed by atoms with E-state index in [0.29, 0.717) is 0 Å². The molecule has 0 atom stereocenters. The van der Waals surface area contributed by atoms with Gasteiger partial charge in [-0.15, -0.1) is 0 Å². The van der Waals surface area contributed by atoms with Crippen molar-refractivity contribution < 1.29 is 14.7 Å². The van der Waals surface area contributed by atoms with Crippen LogP contribution >= 0.6 is 0 Å². The lowest BCUT2D eigenvalue weighted by atomic mass is 10.3. The van der Waals surface area contributed by atoms with E-state index in [2.05, 4.69) is 6.92 Å². The predicted octanol–water partition coefficient (Wildman–Crippen LogP) is 1.63. The number of carbonyl (C=O) groups excluding carboxylic acids is 1. The van der Waals surface area contributed by atoms with Crippen molar-refractivity contribution in [3.05, 3.63) is 12.2 Å². The van der Waals surface area contributed by atoms with Crippen molar-refractivity contribution >= 4 is 12.3 Å². The molecule has 0 bridgehead atoms. The fourth-order valence-electron chi connectivity index (χ4n) is 0.318. The lowest BCUT2D eigenvalue weighted by molar-refractivity contribution is -0.134. The fraction of sp³-hybridized carbons (Fsp3) is 0.500. The average molecular weight is 158 g/mol. The van der Waals surface area contributed by atoms with Crippen LogP contribution in [0.2, 0.25) is 0 Å². The molecule has 0 aromatic rings. The second kappa shape index (κ2) is 11.6. The molecule has 0 heterocycles. The maximum Gasteiger partial charge on any atom is 0.300 e. The van der Waals surface area contributed by atoms with E-state index in [0.717, 1.165) is 26.1 Å². The molecule has 0 radical (unpaired) electrons. The molecule has 3 heteroatoms. The van der Waals surface area contributed by atoms with E-state index in [-0.39, 0.29) is 0 Å². The summed E-state index contributed by atoms with van der Waals surface area (Å²) in [6.07, 6.45) is 6.33. The Morgan fingerprint density at radius 3 is 2.27 bits per heavy atom. The predicted molar refractivity (Wildman–Crippen MR) is 43.4 cm³/mol. The molecular formula is C8H14O3. The first-order valence-corrected chi connectivity index (χ1v) is 3.45. The number of allylic oxidation sites excluding steroid dienone is 2. The fourth-order valence-corrected chi connectivity index (χ4v) is 0.318. The third kappa shape index (κ3) is 50.7. The summed E-state index contributed by atoms with van der Waals surface area (Å²) in [6.45, 7) is 3.16. The lowest BCUT2D eigenvalue weighted by Gasteiger charge is -1.76. The minimum absolute atomic E-state index is 0.801. The van der Waals surface area contributed by atoms with Gasteiger partial charge in [0, 0.05) is 6.92 Å². The van der Waals surface area contributed by atoms with Crippen LogP contribution in [-0.2, 0) is 9.59 Å². The molecule has 0 saturated carbocycles. The summed E-state index contributed by atoms with van der Waals surface area (Å²) in [5.74, 6) is -0.833. The summed E-state index contributed by atoms with van der Waals surface area (Å²) in [4.78, 5) is 18.6. The monoisotopic (exact) mass is 158 g/mol. The average Bonchev–Trinajstić information content (AvgIpc) is 1.88. The minimum atomic E-state index is -0.833. The Morgan fingerprint density at radius 2 is 2.00 bits per heavy atom. The van der Waals surface area contributed by atoms with Crippen molar-refractivity contribution in [2.24, 2.45) is 0 Å². The SMILES string of the molecule is CC(=O)O.CCC/C=C/C=O. The molecule has 0 fully saturated rings. The van der Waals surface area contributed by atoms with E-state index in [4.69, 9.17) is 9.90 Å². The summed E-state index contributed by atoms with van der Waals surface area (Å²) in [5.41, 5.74) is 0. The molecule has 11 heavy (non-hydrogen) atoms. The maximum atomic E-state index is 9.59. The molecule has 0 aliphatic carbocycles. The van der Waals surface area contributed by atoms with E-state index < -0.39 is 5.97 Å². The summed E-state index contributed by atoms with van der Waals surface area (Å²) in [6, 6.07) is 0. The van der Waals surface area contributed by atoms with Crippen molar-refractivity contribution in [2.45, 2.75) is 26.7 Å². The summed E-state index contributed by atoms with van der Waals surface area (Å²) < 4.78 is 0. The van der Waals surface area contributed by atoms with E-state index in [1.165, 1.54) is 6.08 Å². The molecular weight excluding hydrogens is 144 g/mol. The Bertz CT molecular complexity index is 123. The molecule has 0 saturated heterocycles. The Morgan fingerprint density at radius 1 is 1.55 bits per heavy atom. The van der Waals surface area contributed by atoms with Gasteiger partial charge in [0.05, 0.1) is 0 Å². The molecule has 0 unspecified atom stereocenters. The van der Waals surface area contributed by atoms with E-state index in [9.17, 15) is 4.79 Å². The first kappa shape index (κ1) is 12.5. The molecule has 0 aliphatic rings. The van der Waals surface area contributed by atoms with Gasteiger partial charge in [0.1, 0.15) is 6.29 Å². The summed E-state index contributed by atoms with van der Waals surface area (Å²) in [7, 11) is 0. The number of hydrogen-bond acceptors (Lipinski definition) is 2. The van der Waals surface area contributed by atoms with Gasteiger partial charge >= 0.3 is 0 Å². The van der Waals surface area contributed by atoms with Crippen LogP contribution in [0.4, 0.5) is 0 Å².